The number of carbonyl (C=O) groups excluding carboxylic acids is 1. The summed E-state index contributed by atoms with van der Waals surface area (Å²) in [5.74, 6) is -0.341. The van der Waals surface area contributed by atoms with Gasteiger partial charge in [0, 0.05) is 13.0 Å². The summed E-state index contributed by atoms with van der Waals surface area (Å²) >= 11 is 0. The number of carbonyl (C=O) groups is 1. The summed E-state index contributed by atoms with van der Waals surface area (Å²) in [5, 5.41) is 0. The van der Waals surface area contributed by atoms with E-state index in [-0.39, 0.29) is 25.8 Å². The molecule has 0 aromatic rings. The van der Waals surface area contributed by atoms with E-state index in [1.165, 1.54) is 128 Å². The monoisotopic (exact) mass is 853 g/mol. The predicted molar refractivity (Wildman–Crippen MR) is 252 cm³/mol. The van der Waals surface area contributed by atoms with Crippen LogP contribution in [0.1, 0.15) is 206 Å². The second-order valence-electron chi connectivity index (χ2n) is 17.5. The van der Waals surface area contributed by atoms with E-state index in [0.717, 1.165) is 57.8 Å². The molecule has 1 N–H and O–H groups in total. The lowest BCUT2D eigenvalue weighted by Crippen LogP contribution is -2.37. The molecule has 0 aliphatic carbocycles. The second-order valence-corrected chi connectivity index (χ2v) is 19.0. The normalized spacial score (nSPS) is 14.1. The quantitative estimate of drug-likeness (QED) is 0.0214. The fraction of sp³-hybridized carbons (Fsp3) is 0.820. The molecule has 0 rings (SSSR count). The maximum absolute atomic E-state index is 12.7. The lowest BCUT2D eigenvalue weighted by atomic mass is 10.0. The first kappa shape index (κ1) is 57.5. The zero-order valence-electron chi connectivity index (χ0n) is 39.2. The molecule has 346 valence electrons. The first-order chi connectivity index (χ1) is 28.6. The van der Waals surface area contributed by atoms with Crippen LogP contribution >= 0.6 is 7.82 Å². The lowest BCUT2D eigenvalue weighted by Gasteiger charge is -2.24. The van der Waals surface area contributed by atoms with Crippen LogP contribution in [0.2, 0.25) is 0 Å². The molecule has 0 bridgehead atoms. The lowest BCUT2D eigenvalue weighted by molar-refractivity contribution is -0.870. The highest BCUT2D eigenvalue weighted by Gasteiger charge is 2.26. The van der Waals surface area contributed by atoms with Gasteiger partial charge < -0.3 is 18.9 Å². The summed E-state index contributed by atoms with van der Waals surface area (Å²) in [5.41, 5.74) is 0. The Bertz CT molecular complexity index is 1080. The summed E-state index contributed by atoms with van der Waals surface area (Å²) in [7, 11) is 1.65. The topological polar surface area (TPSA) is 91.3 Å². The summed E-state index contributed by atoms with van der Waals surface area (Å²) in [6.07, 6.45) is 52.9. The molecule has 0 amide bonds. The average Bonchev–Trinajstić information content (AvgIpc) is 3.19. The van der Waals surface area contributed by atoms with Gasteiger partial charge in [-0.2, -0.15) is 0 Å². The minimum absolute atomic E-state index is 0.0820. The van der Waals surface area contributed by atoms with E-state index in [1.807, 2.05) is 21.1 Å². The van der Waals surface area contributed by atoms with Crippen molar-refractivity contribution in [1.29, 1.82) is 0 Å². The molecule has 0 saturated heterocycles. The van der Waals surface area contributed by atoms with Crippen LogP contribution in [0.25, 0.3) is 0 Å². The largest absolute Gasteiger partial charge is 0.472 e. The Morgan fingerprint density at radius 2 is 0.932 bits per heavy atom. The van der Waals surface area contributed by atoms with E-state index < -0.39 is 13.9 Å². The molecule has 0 radical (unpaired) electrons. The van der Waals surface area contributed by atoms with E-state index in [9.17, 15) is 14.3 Å². The van der Waals surface area contributed by atoms with Gasteiger partial charge in [-0.3, -0.25) is 13.8 Å². The van der Waals surface area contributed by atoms with Crippen LogP contribution in [0.5, 0.6) is 0 Å². The number of hydrogen-bond acceptors (Lipinski definition) is 6. The number of ether oxygens (including phenoxy) is 2. The maximum atomic E-state index is 12.7. The molecule has 0 fully saturated rings. The number of unbranched alkanes of at least 4 members (excludes halogenated alkanes) is 23. The number of phosphoric ester groups is 1. The molecule has 2 atom stereocenters. The van der Waals surface area contributed by atoms with Gasteiger partial charge in [-0.1, -0.05) is 191 Å². The maximum Gasteiger partial charge on any atom is 0.472 e. The van der Waals surface area contributed by atoms with Gasteiger partial charge in [-0.15, -0.1) is 0 Å². The molecule has 1 unspecified atom stereocenters. The molecule has 8 nitrogen and oxygen atoms in total. The number of esters is 1. The van der Waals surface area contributed by atoms with Gasteiger partial charge in [-0.25, -0.2) is 4.57 Å². The van der Waals surface area contributed by atoms with Crippen molar-refractivity contribution in [1.82, 2.24) is 0 Å². The zero-order valence-corrected chi connectivity index (χ0v) is 40.1. The molecule has 59 heavy (non-hydrogen) atoms. The molecule has 0 aromatic carbocycles. The van der Waals surface area contributed by atoms with Crippen LogP contribution in [-0.2, 0) is 27.9 Å². The molecule has 0 aromatic heterocycles. The summed E-state index contributed by atoms with van der Waals surface area (Å²) < 4.78 is 35.1. The Morgan fingerprint density at radius 3 is 1.41 bits per heavy atom. The summed E-state index contributed by atoms with van der Waals surface area (Å²) in [6, 6.07) is 0. The predicted octanol–water partition coefficient (Wildman–Crippen LogP) is 14.7. The molecule has 0 saturated carbocycles. The molecule has 0 heterocycles. The molecular weight excluding hydrogens is 758 g/mol. The van der Waals surface area contributed by atoms with Crippen molar-refractivity contribution in [2.45, 2.75) is 213 Å². The number of nitrogens with zero attached hydrogens (tertiary/aromatic N) is 1. The van der Waals surface area contributed by atoms with Crippen molar-refractivity contribution in [3.63, 3.8) is 0 Å². The van der Waals surface area contributed by atoms with Crippen LogP contribution in [0.3, 0.4) is 0 Å². The van der Waals surface area contributed by atoms with Crippen molar-refractivity contribution in [3.05, 3.63) is 48.6 Å². The number of hydrogen-bond donors (Lipinski definition) is 1. The molecule has 9 heteroatoms. The van der Waals surface area contributed by atoms with Gasteiger partial charge in [0.05, 0.1) is 34.4 Å². The fourth-order valence-corrected chi connectivity index (χ4v) is 7.34. The Morgan fingerprint density at radius 1 is 0.525 bits per heavy atom. The van der Waals surface area contributed by atoms with E-state index in [1.54, 1.807) is 0 Å². The number of quaternary nitrogens is 1. The molecule has 0 aliphatic rings. The van der Waals surface area contributed by atoms with Gasteiger partial charge in [0.15, 0.2) is 0 Å². The third-order valence-electron chi connectivity index (χ3n) is 10.4. The summed E-state index contributed by atoms with van der Waals surface area (Å²) in [4.78, 5) is 22.9. The highest BCUT2D eigenvalue weighted by molar-refractivity contribution is 7.47. The fourth-order valence-electron chi connectivity index (χ4n) is 6.60. The summed E-state index contributed by atoms with van der Waals surface area (Å²) in [6.45, 7) is 5.58. The number of likely N-dealkylation sites (N-methyl/N-ethyl adjacent to an activating group) is 1. The van der Waals surface area contributed by atoms with Crippen LogP contribution in [0.4, 0.5) is 0 Å². The van der Waals surface area contributed by atoms with Crippen LogP contribution < -0.4 is 0 Å². The van der Waals surface area contributed by atoms with Crippen molar-refractivity contribution in [2.24, 2.45) is 0 Å². The average molecular weight is 853 g/mol. The van der Waals surface area contributed by atoms with Gasteiger partial charge in [0.25, 0.3) is 0 Å². The Balaban J connectivity index is 4.24. The van der Waals surface area contributed by atoms with Crippen molar-refractivity contribution in [3.8, 4) is 0 Å². The first-order valence-electron chi connectivity index (χ1n) is 24.4. The highest BCUT2D eigenvalue weighted by atomic mass is 31.2. The van der Waals surface area contributed by atoms with E-state index >= 15 is 0 Å². The van der Waals surface area contributed by atoms with Crippen molar-refractivity contribution >= 4 is 13.8 Å². The third kappa shape index (κ3) is 47.4. The Hall–Kier alpha value is -1.54. The smallest absolute Gasteiger partial charge is 0.457 e. The zero-order chi connectivity index (χ0) is 43.4. The molecular formula is C50H95NO7P+. The SMILES string of the molecule is CCCCC/C=C\C/C=C\C/C=C\C/C=C\CCCCCC(=O)O[C@H](COCCCCCCCCCCCCCCCCCCCC)COP(=O)(O)OCC[N+](C)(C)C. The Kier molecular flexibility index (Phi) is 42.0. The van der Waals surface area contributed by atoms with Gasteiger partial charge in [0.2, 0.25) is 0 Å². The van der Waals surface area contributed by atoms with Crippen LogP contribution in [-0.4, -0.2) is 75.6 Å². The van der Waals surface area contributed by atoms with Crippen molar-refractivity contribution in [2.75, 3.05) is 54.1 Å². The van der Waals surface area contributed by atoms with Gasteiger partial charge in [0.1, 0.15) is 19.3 Å². The second kappa shape index (κ2) is 43.1. The third-order valence-corrected chi connectivity index (χ3v) is 11.4. The highest BCUT2D eigenvalue weighted by Crippen LogP contribution is 2.43. The Labute approximate surface area is 365 Å². The minimum atomic E-state index is -4.29. The standard InChI is InChI=1S/C50H94NO7P/c1-6-8-10-12-14-16-18-20-22-24-26-27-29-31-33-35-37-39-41-43-50(52)58-49(48-57-59(53,54)56-46-44-51(3,4)5)47-55-45-42-40-38-36-34-32-30-28-25-23-21-19-17-15-13-11-9-7-2/h14,16,20,22,26-27,31,33,49H,6-13,15,17-19,21,23-25,28-30,32,34-48H2,1-5H3/p+1/b16-14-,22-20-,27-26-,33-31-/t49-/m1/s1. The van der Waals surface area contributed by atoms with Gasteiger partial charge >= 0.3 is 13.8 Å². The van der Waals surface area contributed by atoms with E-state index in [4.69, 9.17) is 18.5 Å². The molecule has 0 aliphatic heterocycles. The minimum Gasteiger partial charge on any atom is -0.457 e. The molecule has 0 spiro atoms. The van der Waals surface area contributed by atoms with Gasteiger partial charge in [-0.05, 0) is 57.8 Å². The number of phosphoric acid groups is 1. The number of rotatable bonds is 45. The first-order valence-corrected chi connectivity index (χ1v) is 25.9. The van der Waals surface area contributed by atoms with E-state index in [2.05, 4.69) is 62.5 Å². The number of allylic oxidation sites excluding steroid dienone is 8. The van der Waals surface area contributed by atoms with E-state index in [0.29, 0.717) is 24.1 Å². The van der Waals surface area contributed by atoms with Crippen LogP contribution in [0, 0.1) is 0 Å². The van der Waals surface area contributed by atoms with Crippen molar-refractivity contribution < 1.29 is 37.3 Å². The van der Waals surface area contributed by atoms with Crippen LogP contribution in [0.15, 0.2) is 48.6 Å².